The van der Waals surface area contributed by atoms with Crippen LogP contribution in [0.15, 0.2) is 0 Å². The van der Waals surface area contributed by atoms with E-state index < -0.39 is 282 Å². The number of carboxylic acid groups (broad SMARTS) is 5. The minimum atomic E-state index is -2.13. The van der Waals surface area contributed by atoms with Crippen LogP contribution in [0.4, 0.5) is 0 Å². The molecule has 0 rings (SSSR count). The van der Waals surface area contributed by atoms with Gasteiger partial charge in [0.25, 0.3) is 0 Å². The molecule has 0 aromatic carbocycles. The maximum Gasteiger partial charge on any atom is 0.326 e. The first-order valence-electron chi connectivity index (χ1n) is 32.3. The van der Waals surface area contributed by atoms with E-state index in [4.69, 9.17) is 55.4 Å². The van der Waals surface area contributed by atoms with Gasteiger partial charge in [-0.3, -0.25) is 93.6 Å². The van der Waals surface area contributed by atoms with Crippen molar-refractivity contribution >= 4 is 119 Å². The zero-order valence-electron chi connectivity index (χ0n) is 56.8. The van der Waals surface area contributed by atoms with Crippen LogP contribution < -0.4 is 108 Å². The zero-order chi connectivity index (χ0) is 80.1. The van der Waals surface area contributed by atoms with Crippen LogP contribution in [0.3, 0.4) is 0 Å². The first-order valence-corrected chi connectivity index (χ1v) is 32.3. The molecule has 105 heavy (non-hydrogen) atoms. The molecule has 38 N–H and O–H groups in total. The Bertz CT molecular complexity index is 3040. The minimum absolute atomic E-state index is 0.00784. The van der Waals surface area contributed by atoms with Gasteiger partial charge in [-0.05, 0) is 77.0 Å². The lowest BCUT2D eigenvalue weighted by atomic mass is 10.1. The second-order valence-electron chi connectivity index (χ2n) is 23.0. The Kier molecular flexibility index (Phi) is 45.1. The summed E-state index contributed by atoms with van der Waals surface area (Å²) in [7, 11) is 0. The van der Waals surface area contributed by atoms with Crippen LogP contribution in [0, 0.1) is 21.6 Å². The van der Waals surface area contributed by atoms with Crippen LogP contribution in [-0.2, 0) is 76.7 Å². The predicted octanol–water partition coefficient (Wildman–Crippen LogP) is -13.8. The Morgan fingerprint density at radius 2 is 0.429 bits per heavy atom. The predicted molar refractivity (Wildman–Crippen MR) is 359 cm³/mol. The fourth-order valence-electron chi connectivity index (χ4n) is 8.99. The average Bonchev–Trinajstić information content (AvgIpc) is 0.874. The van der Waals surface area contributed by atoms with E-state index in [0.717, 1.165) is 0 Å². The van der Waals surface area contributed by atoms with Gasteiger partial charge < -0.3 is 154 Å². The van der Waals surface area contributed by atoms with Crippen molar-refractivity contribution in [1.29, 1.82) is 21.6 Å². The number of carbonyl (C=O) groups is 16. The highest BCUT2D eigenvalue weighted by Crippen LogP contribution is 2.11. The van der Waals surface area contributed by atoms with Gasteiger partial charge in [-0.2, -0.15) is 0 Å². The highest BCUT2D eigenvalue weighted by atomic mass is 16.4. The molecule has 49 nitrogen and oxygen atoms in total. The summed E-state index contributed by atoms with van der Waals surface area (Å²) in [5.74, 6) is -23.9. The summed E-state index contributed by atoms with van der Waals surface area (Å²) >= 11 is 0. The summed E-state index contributed by atoms with van der Waals surface area (Å²) in [5.41, 5.74) is 26.9. The topological polar surface area (TPSA) is 861 Å². The number of hydrogen-bond donors (Lipinski definition) is 33. The number of nitrogens with two attached hydrogens (primary N) is 5. The monoisotopic (exact) mass is 1510 g/mol. The molecule has 11 amide bonds. The Labute approximate surface area is 597 Å². The van der Waals surface area contributed by atoms with E-state index in [1.165, 1.54) is 0 Å². The van der Waals surface area contributed by atoms with Gasteiger partial charge in [0.2, 0.25) is 65.0 Å². The second-order valence-corrected chi connectivity index (χ2v) is 23.0. The molecular formula is C56H98N24O25. The lowest BCUT2D eigenvalue weighted by Gasteiger charge is -2.28. The molecular weight excluding hydrogens is 1410 g/mol. The number of rotatable bonds is 55. The smallest absolute Gasteiger partial charge is 0.326 e. The molecule has 0 aliphatic heterocycles. The van der Waals surface area contributed by atoms with Crippen LogP contribution >= 0.6 is 0 Å². The number of amides is 11. The molecule has 0 radical (unpaired) electrons. The summed E-state index contributed by atoms with van der Waals surface area (Å²) in [6, 6.07) is -22.3. The maximum absolute atomic E-state index is 14.2. The first-order chi connectivity index (χ1) is 49.3. The van der Waals surface area contributed by atoms with Gasteiger partial charge in [-0.25, -0.2) is 4.79 Å². The van der Waals surface area contributed by atoms with Gasteiger partial charge in [0.1, 0.15) is 72.5 Å². The van der Waals surface area contributed by atoms with E-state index in [0.29, 0.717) is 0 Å². The zero-order valence-corrected chi connectivity index (χ0v) is 56.8. The molecule has 0 bridgehead atoms. The highest BCUT2D eigenvalue weighted by molar-refractivity contribution is 6.00. The number of guanidine groups is 4. The highest BCUT2D eigenvalue weighted by Gasteiger charge is 2.37. The van der Waals surface area contributed by atoms with E-state index in [1.54, 1.807) is 0 Å². The van der Waals surface area contributed by atoms with Crippen LogP contribution in [0.1, 0.15) is 103 Å². The third-order valence-corrected chi connectivity index (χ3v) is 14.6. The molecule has 0 saturated carbocycles. The van der Waals surface area contributed by atoms with Crippen molar-refractivity contribution in [3.63, 3.8) is 0 Å². The van der Waals surface area contributed by atoms with E-state index in [2.05, 4.69) is 79.8 Å². The van der Waals surface area contributed by atoms with E-state index in [-0.39, 0.29) is 64.7 Å². The van der Waals surface area contributed by atoms with Crippen molar-refractivity contribution in [2.24, 2.45) is 28.7 Å². The molecule has 0 aromatic heterocycles. The average molecular weight is 1510 g/mol. The van der Waals surface area contributed by atoms with Crippen LogP contribution in [0.25, 0.3) is 0 Å². The number of carboxylic acids is 5. The Morgan fingerprint density at radius 1 is 0.257 bits per heavy atom. The normalized spacial score (nSPS) is 14.2. The summed E-state index contributed by atoms with van der Waals surface area (Å²) in [6.45, 7) is -5.16. The van der Waals surface area contributed by atoms with Crippen molar-refractivity contribution in [3.05, 3.63) is 0 Å². The molecule has 0 aliphatic carbocycles. The number of aliphatic hydroxyl groups is 4. The summed E-state index contributed by atoms with van der Waals surface area (Å²) < 4.78 is 0. The van der Waals surface area contributed by atoms with Crippen molar-refractivity contribution in [1.82, 2.24) is 79.8 Å². The summed E-state index contributed by atoms with van der Waals surface area (Å²) in [4.78, 5) is 210. The molecule has 49 heteroatoms. The molecule has 592 valence electrons. The lowest BCUT2D eigenvalue weighted by molar-refractivity contribution is -0.144. The minimum Gasteiger partial charge on any atom is -0.481 e. The Balaban J connectivity index is 7.16. The summed E-state index contributed by atoms with van der Waals surface area (Å²) in [6.07, 6.45) is -8.01. The maximum atomic E-state index is 14.2. The number of hydrogen-bond acceptors (Lipinski definition) is 25. The summed E-state index contributed by atoms with van der Waals surface area (Å²) in [5, 5.41) is 151. The third kappa shape index (κ3) is 40.6. The van der Waals surface area contributed by atoms with Crippen molar-refractivity contribution in [3.8, 4) is 0 Å². The van der Waals surface area contributed by atoms with Crippen LogP contribution in [0.5, 0.6) is 0 Å². The van der Waals surface area contributed by atoms with Gasteiger partial charge >= 0.3 is 29.8 Å². The molecule has 0 unspecified atom stereocenters. The molecule has 0 heterocycles. The first kappa shape index (κ1) is 93.4. The van der Waals surface area contributed by atoms with E-state index in [9.17, 15) is 118 Å². The number of nitrogens with one attached hydrogen (secondary N) is 19. The molecule has 0 aliphatic rings. The van der Waals surface area contributed by atoms with Gasteiger partial charge in [-0.15, -0.1) is 0 Å². The molecule has 0 fully saturated rings. The lowest BCUT2D eigenvalue weighted by Crippen LogP contribution is -2.61. The molecule has 0 spiro atoms. The van der Waals surface area contributed by atoms with Gasteiger partial charge in [0.15, 0.2) is 23.8 Å². The Hall–Kier alpha value is -11.6. The SMILES string of the molecule is N=C(N)NCCC[C@H](NC(=O)[C@H](CO)NC(=O)[C@H](CCC(=O)O)NC(=O)[C@H](CCCNC(=N)N)NC(=O)[C@H](CO)NC(=O)[C@H](CCC(=O)O)NC(=O)[C@H](CCCNC(=N)N)NC(=O)[C@H](CO)NC(=O)[C@H](CCC(=O)O)NC(=O)[C@H](CCCNC(=N)N)NC(=O)[C@@H](N)CO)C(=O)N[C@@H](CCC(=O)O)C(=O)O. The van der Waals surface area contributed by atoms with Gasteiger partial charge in [-0.1, -0.05) is 0 Å². The van der Waals surface area contributed by atoms with Crippen molar-refractivity contribution in [2.75, 3.05) is 52.6 Å². The number of aliphatic hydroxyl groups excluding tert-OH is 4. The fourth-order valence-corrected chi connectivity index (χ4v) is 8.99. The van der Waals surface area contributed by atoms with Crippen LogP contribution in [0.2, 0.25) is 0 Å². The van der Waals surface area contributed by atoms with Crippen molar-refractivity contribution < 1.29 is 123 Å². The molecule has 0 aromatic rings. The standard InChI is InChI=1S/C56H98N24O25/c57-25(21-81)41(93)70-26(5-1-17-66-53(58)59)42(94)74-30(9-13-37(85)86)46(98)78-34(22-82)49(101)71-27(6-2-18-67-54(60)61)43(95)75-31(10-14-38(87)88)47(99)79-35(23-83)50(102)72-28(7-3-19-68-55(62)63)44(96)76-32(11-15-39(89)90)48(100)80-36(24-84)51(103)73-29(8-4-20-69-56(64)65)45(97)77-33(52(104)105)12-16-40(91)92/h25-36,81-84H,1-24,57H2,(H,70,93)(H,71,101)(H,72,102)(H,73,103)(H,74,94)(H,75,95)(H,76,96)(H,77,97)(H,78,98)(H,79,99)(H,80,100)(H,85,86)(H,87,88)(H,89,90)(H,91,92)(H,104,105)(H4,58,59,66)(H4,60,61,67)(H4,62,63,68)(H4,64,65,69)/t25-,26-,27-,28-,29-,30-,31-,32-,33-,34-,35-,36-/m0/s1. The second kappa shape index (κ2) is 50.7. The molecule has 12 atom stereocenters. The molecule has 0 saturated heterocycles. The van der Waals surface area contributed by atoms with E-state index >= 15 is 0 Å². The third-order valence-electron chi connectivity index (χ3n) is 14.6. The van der Waals surface area contributed by atoms with Crippen LogP contribution in [-0.4, -0.2) is 290 Å². The fraction of sp³-hybridized carbons (Fsp3) is 0.643. The van der Waals surface area contributed by atoms with Crippen molar-refractivity contribution in [2.45, 2.75) is 175 Å². The van der Waals surface area contributed by atoms with Gasteiger partial charge in [0, 0.05) is 51.9 Å². The Morgan fingerprint density at radius 3 is 0.610 bits per heavy atom. The largest absolute Gasteiger partial charge is 0.481 e. The quantitative estimate of drug-likeness (QED) is 0.0153. The van der Waals surface area contributed by atoms with E-state index in [1.807, 2.05) is 0 Å². The number of aliphatic carboxylic acids is 5. The number of carbonyl (C=O) groups excluding carboxylic acids is 11. The van der Waals surface area contributed by atoms with Gasteiger partial charge in [0.05, 0.1) is 26.4 Å².